The highest BCUT2D eigenvalue weighted by atomic mass is 16.3. The molecule has 0 saturated carbocycles. The molecule has 0 bridgehead atoms. The monoisotopic (exact) mass is 189 g/mol. The molecule has 0 aliphatic heterocycles. The predicted octanol–water partition coefficient (Wildman–Crippen LogP) is 0.754. The Labute approximate surface area is 81.2 Å². The Bertz CT molecular complexity index is 117. The van der Waals surface area contributed by atoms with Crippen LogP contribution in [0.3, 0.4) is 0 Å². The maximum absolute atomic E-state index is 9.22. The first kappa shape index (κ1) is 12.9. The first-order valence-corrected chi connectivity index (χ1v) is 5.14. The highest BCUT2D eigenvalue weighted by Gasteiger charge is 2.10. The van der Waals surface area contributed by atoms with Crippen LogP contribution >= 0.6 is 0 Å². The van der Waals surface area contributed by atoms with Gasteiger partial charge in [-0.05, 0) is 32.7 Å². The standard InChI is InChI=1S/C10H23NO2/c1-4-10(5-6-12)7-11-8(2)9(3)13/h8-13H,4-7H2,1-3H3. The molecule has 0 radical (unpaired) electrons. The number of aliphatic hydroxyl groups excluding tert-OH is 2. The van der Waals surface area contributed by atoms with Gasteiger partial charge < -0.3 is 15.5 Å². The van der Waals surface area contributed by atoms with Gasteiger partial charge in [-0.2, -0.15) is 0 Å². The summed E-state index contributed by atoms with van der Waals surface area (Å²) in [5, 5.41) is 21.2. The lowest BCUT2D eigenvalue weighted by Crippen LogP contribution is -2.38. The third-order valence-electron chi connectivity index (χ3n) is 2.57. The van der Waals surface area contributed by atoms with E-state index in [4.69, 9.17) is 5.11 Å². The maximum Gasteiger partial charge on any atom is 0.0662 e. The minimum atomic E-state index is -0.313. The zero-order valence-corrected chi connectivity index (χ0v) is 8.95. The molecule has 0 aromatic carbocycles. The van der Waals surface area contributed by atoms with Crippen molar-refractivity contribution in [2.75, 3.05) is 13.2 Å². The third-order valence-corrected chi connectivity index (χ3v) is 2.57. The fraction of sp³-hybridized carbons (Fsp3) is 1.00. The molecule has 3 nitrogen and oxygen atoms in total. The molecule has 0 spiro atoms. The van der Waals surface area contributed by atoms with Crippen molar-refractivity contribution in [3.63, 3.8) is 0 Å². The van der Waals surface area contributed by atoms with Crippen LogP contribution in [0.1, 0.15) is 33.6 Å². The molecule has 0 amide bonds. The Hall–Kier alpha value is -0.120. The van der Waals surface area contributed by atoms with E-state index in [9.17, 15) is 5.11 Å². The van der Waals surface area contributed by atoms with E-state index in [1.54, 1.807) is 6.92 Å². The van der Waals surface area contributed by atoms with Crippen molar-refractivity contribution in [1.29, 1.82) is 0 Å². The molecule has 0 saturated heterocycles. The summed E-state index contributed by atoms with van der Waals surface area (Å²) >= 11 is 0. The van der Waals surface area contributed by atoms with Gasteiger partial charge in [0.05, 0.1) is 6.10 Å². The second-order valence-electron chi connectivity index (χ2n) is 3.72. The van der Waals surface area contributed by atoms with Gasteiger partial charge in [-0.25, -0.2) is 0 Å². The van der Waals surface area contributed by atoms with Gasteiger partial charge in [0.2, 0.25) is 0 Å². The average molecular weight is 189 g/mol. The smallest absolute Gasteiger partial charge is 0.0662 e. The Morgan fingerprint density at radius 2 is 1.92 bits per heavy atom. The summed E-state index contributed by atoms with van der Waals surface area (Å²) in [5.41, 5.74) is 0. The van der Waals surface area contributed by atoms with E-state index in [1.165, 1.54) is 0 Å². The van der Waals surface area contributed by atoms with E-state index < -0.39 is 0 Å². The number of aliphatic hydroxyl groups is 2. The Morgan fingerprint density at radius 1 is 1.31 bits per heavy atom. The molecule has 3 unspecified atom stereocenters. The van der Waals surface area contributed by atoms with Crippen molar-refractivity contribution >= 4 is 0 Å². The molecule has 13 heavy (non-hydrogen) atoms. The quantitative estimate of drug-likeness (QED) is 0.554. The Kier molecular flexibility index (Phi) is 7.23. The molecule has 3 N–H and O–H groups in total. The molecule has 0 heterocycles. The zero-order chi connectivity index (χ0) is 10.3. The number of rotatable bonds is 7. The summed E-state index contributed by atoms with van der Waals surface area (Å²) in [7, 11) is 0. The maximum atomic E-state index is 9.22. The van der Waals surface area contributed by atoms with Crippen LogP contribution in [0.4, 0.5) is 0 Å². The van der Waals surface area contributed by atoms with Crippen molar-refractivity contribution in [1.82, 2.24) is 5.32 Å². The minimum Gasteiger partial charge on any atom is -0.396 e. The SMILES string of the molecule is CCC(CCO)CNC(C)C(C)O. The topological polar surface area (TPSA) is 52.5 Å². The van der Waals surface area contributed by atoms with Crippen molar-refractivity contribution in [3.05, 3.63) is 0 Å². The lowest BCUT2D eigenvalue weighted by atomic mass is 10.0. The average Bonchev–Trinajstić information content (AvgIpc) is 2.11. The van der Waals surface area contributed by atoms with Crippen LogP contribution in [0.15, 0.2) is 0 Å². The van der Waals surface area contributed by atoms with Gasteiger partial charge in [-0.1, -0.05) is 13.3 Å². The van der Waals surface area contributed by atoms with Crippen LogP contribution < -0.4 is 5.32 Å². The minimum absolute atomic E-state index is 0.132. The van der Waals surface area contributed by atoms with Crippen LogP contribution in [-0.4, -0.2) is 35.5 Å². The van der Waals surface area contributed by atoms with Crippen molar-refractivity contribution in [3.8, 4) is 0 Å². The zero-order valence-electron chi connectivity index (χ0n) is 8.95. The summed E-state index contributed by atoms with van der Waals surface area (Å²) in [6, 6.07) is 0.132. The lowest BCUT2D eigenvalue weighted by Gasteiger charge is -2.20. The van der Waals surface area contributed by atoms with Gasteiger partial charge in [0, 0.05) is 12.6 Å². The van der Waals surface area contributed by atoms with E-state index >= 15 is 0 Å². The van der Waals surface area contributed by atoms with Gasteiger partial charge in [0.15, 0.2) is 0 Å². The number of nitrogens with one attached hydrogen (secondary N) is 1. The van der Waals surface area contributed by atoms with E-state index in [0.717, 1.165) is 19.4 Å². The molecular weight excluding hydrogens is 166 g/mol. The molecule has 3 atom stereocenters. The van der Waals surface area contributed by atoms with Gasteiger partial charge in [0.25, 0.3) is 0 Å². The van der Waals surface area contributed by atoms with Gasteiger partial charge in [-0.3, -0.25) is 0 Å². The molecule has 80 valence electrons. The van der Waals surface area contributed by atoms with E-state index in [2.05, 4.69) is 12.2 Å². The van der Waals surface area contributed by atoms with E-state index in [0.29, 0.717) is 5.92 Å². The van der Waals surface area contributed by atoms with Crippen LogP contribution in [0.5, 0.6) is 0 Å². The highest BCUT2D eigenvalue weighted by Crippen LogP contribution is 2.06. The van der Waals surface area contributed by atoms with Crippen LogP contribution in [0.2, 0.25) is 0 Å². The van der Waals surface area contributed by atoms with Crippen LogP contribution in [0, 0.1) is 5.92 Å². The molecule has 0 aromatic rings. The van der Waals surface area contributed by atoms with E-state index in [-0.39, 0.29) is 18.8 Å². The fourth-order valence-electron chi connectivity index (χ4n) is 1.16. The summed E-state index contributed by atoms with van der Waals surface area (Å²) in [4.78, 5) is 0. The van der Waals surface area contributed by atoms with Crippen molar-refractivity contribution < 1.29 is 10.2 Å². The molecule has 0 fully saturated rings. The summed E-state index contributed by atoms with van der Waals surface area (Å²) < 4.78 is 0. The van der Waals surface area contributed by atoms with Crippen LogP contribution in [0.25, 0.3) is 0 Å². The Balaban J connectivity index is 3.58. The first-order chi connectivity index (χ1) is 6.11. The second-order valence-corrected chi connectivity index (χ2v) is 3.72. The molecule has 0 aliphatic rings. The molecular formula is C10H23NO2. The summed E-state index contributed by atoms with van der Waals surface area (Å²) in [5.74, 6) is 0.520. The largest absolute Gasteiger partial charge is 0.396 e. The van der Waals surface area contributed by atoms with Crippen molar-refractivity contribution in [2.45, 2.75) is 45.8 Å². The summed E-state index contributed by atoms with van der Waals surface area (Å²) in [6.45, 7) is 7.00. The van der Waals surface area contributed by atoms with Gasteiger partial charge >= 0.3 is 0 Å². The second kappa shape index (κ2) is 7.30. The number of hydrogen-bond donors (Lipinski definition) is 3. The molecule has 3 heteroatoms. The molecule has 0 rings (SSSR count). The van der Waals surface area contributed by atoms with Gasteiger partial charge in [0.1, 0.15) is 0 Å². The fourth-order valence-corrected chi connectivity index (χ4v) is 1.16. The van der Waals surface area contributed by atoms with Crippen molar-refractivity contribution in [2.24, 2.45) is 5.92 Å². The lowest BCUT2D eigenvalue weighted by molar-refractivity contribution is 0.147. The highest BCUT2D eigenvalue weighted by molar-refractivity contribution is 4.69. The summed E-state index contributed by atoms with van der Waals surface area (Å²) in [6.07, 6.45) is 1.60. The van der Waals surface area contributed by atoms with Crippen LogP contribution in [-0.2, 0) is 0 Å². The van der Waals surface area contributed by atoms with Gasteiger partial charge in [-0.15, -0.1) is 0 Å². The first-order valence-electron chi connectivity index (χ1n) is 5.14. The molecule has 0 aliphatic carbocycles. The predicted molar refractivity (Wildman–Crippen MR) is 54.6 cm³/mol. The number of hydrogen-bond acceptors (Lipinski definition) is 3. The third kappa shape index (κ3) is 6.02. The molecule has 0 aromatic heterocycles. The Morgan fingerprint density at radius 3 is 2.31 bits per heavy atom. The van der Waals surface area contributed by atoms with E-state index in [1.807, 2.05) is 6.92 Å². The normalized spacial score (nSPS) is 18.2.